The summed E-state index contributed by atoms with van der Waals surface area (Å²) in [4.78, 5) is 27.0. The molecule has 3 aromatic rings. The highest BCUT2D eigenvalue weighted by Gasteiger charge is 2.26. The number of para-hydroxylation sites is 1. The van der Waals surface area contributed by atoms with Gasteiger partial charge < -0.3 is 29.2 Å². The van der Waals surface area contributed by atoms with Crippen LogP contribution in [0.5, 0.6) is 23.0 Å². The van der Waals surface area contributed by atoms with Gasteiger partial charge >= 0.3 is 0 Å². The van der Waals surface area contributed by atoms with Gasteiger partial charge in [-0.3, -0.25) is 9.59 Å². The number of amides is 2. The highest BCUT2D eigenvalue weighted by Crippen LogP contribution is 2.35. The van der Waals surface area contributed by atoms with Crippen molar-refractivity contribution in [3.63, 3.8) is 0 Å². The number of ether oxygens (including phenoxy) is 4. The van der Waals surface area contributed by atoms with Crippen LogP contribution in [0.2, 0.25) is 0 Å². The maximum atomic E-state index is 12.8. The van der Waals surface area contributed by atoms with Crippen LogP contribution >= 0.6 is 0 Å². The molecule has 8 nitrogen and oxygen atoms in total. The molecule has 34 heavy (non-hydrogen) atoms. The van der Waals surface area contributed by atoms with Crippen LogP contribution in [-0.2, 0) is 4.79 Å². The normalized spacial score (nSPS) is 12.4. The van der Waals surface area contributed by atoms with Crippen molar-refractivity contribution in [3.8, 4) is 23.0 Å². The maximum Gasteiger partial charge on any atom is 0.265 e. The van der Waals surface area contributed by atoms with Gasteiger partial charge in [0.2, 0.25) is 0 Å². The molecule has 0 bridgehead atoms. The van der Waals surface area contributed by atoms with Crippen LogP contribution in [0.4, 0.5) is 11.4 Å². The van der Waals surface area contributed by atoms with Gasteiger partial charge in [-0.1, -0.05) is 18.2 Å². The van der Waals surface area contributed by atoms with Crippen LogP contribution in [0.15, 0.2) is 66.7 Å². The van der Waals surface area contributed by atoms with Gasteiger partial charge in [-0.25, -0.2) is 0 Å². The third-order valence-electron chi connectivity index (χ3n) is 5.34. The molecule has 1 aliphatic heterocycles. The Morgan fingerprint density at radius 1 is 1.00 bits per heavy atom. The highest BCUT2D eigenvalue weighted by molar-refractivity contribution is 6.05. The van der Waals surface area contributed by atoms with Gasteiger partial charge in [-0.2, -0.15) is 0 Å². The van der Waals surface area contributed by atoms with E-state index in [1.807, 2.05) is 30.3 Å². The van der Waals surface area contributed by atoms with E-state index in [2.05, 4.69) is 5.32 Å². The fourth-order valence-corrected chi connectivity index (χ4v) is 3.64. The molecule has 1 heterocycles. The maximum absolute atomic E-state index is 12.8. The first-order chi connectivity index (χ1) is 16.6. The molecule has 0 saturated heterocycles. The van der Waals surface area contributed by atoms with E-state index in [1.54, 1.807) is 41.3 Å². The Labute approximate surface area is 198 Å². The van der Waals surface area contributed by atoms with Crippen molar-refractivity contribution in [3.05, 3.63) is 72.3 Å². The second-order valence-corrected chi connectivity index (χ2v) is 7.56. The third kappa shape index (κ3) is 5.23. The van der Waals surface area contributed by atoms with Gasteiger partial charge in [0.05, 0.1) is 26.5 Å². The molecule has 1 aliphatic rings. The zero-order valence-electron chi connectivity index (χ0n) is 19.1. The number of nitrogens with one attached hydrogen (secondary N) is 1. The first-order valence-electron chi connectivity index (χ1n) is 10.9. The molecule has 0 unspecified atom stereocenters. The van der Waals surface area contributed by atoms with Gasteiger partial charge in [0.15, 0.2) is 18.1 Å². The molecule has 1 N–H and O–H groups in total. The Kier molecular flexibility index (Phi) is 7.17. The standard InChI is InChI=1S/C26H26N2O6/c1-31-23-11-9-18(15-24(23)32-2)26(30)27-19-10-12-22-21(16-19)28(25(29)17-34-22)13-6-14-33-20-7-4-3-5-8-20/h3-5,7-12,15-16H,6,13-14,17H2,1-2H3,(H,27,30). The molecule has 4 rings (SSSR count). The Morgan fingerprint density at radius 3 is 2.56 bits per heavy atom. The quantitative estimate of drug-likeness (QED) is 0.481. The number of fused-ring (bicyclic) bond motifs is 1. The summed E-state index contributed by atoms with van der Waals surface area (Å²) >= 11 is 0. The predicted octanol–water partition coefficient (Wildman–Crippen LogP) is 4.15. The van der Waals surface area contributed by atoms with Crippen LogP contribution in [-0.4, -0.2) is 45.8 Å². The zero-order chi connectivity index (χ0) is 23.9. The number of carbonyl (C=O) groups is 2. The van der Waals surface area contributed by atoms with Crippen LogP contribution < -0.4 is 29.2 Å². The zero-order valence-corrected chi connectivity index (χ0v) is 19.1. The minimum Gasteiger partial charge on any atom is -0.494 e. The molecule has 0 aromatic heterocycles. The molecule has 0 radical (unpaired) electrons. The van der Waals surface area contributed by atoms with Crippen molar-refractivity contribution in [2.75, 3.05) is 44.2 Å². The molecule has 0 saturated carbocycles. The summed E-state index contributed by atoms with van der Waals surface area (Å²) in [6.45, 7) is 0.915. The summed E-state index contributed by atoms with van der Waals surface area (Å²) in [6, 6.07) is 19.7. The average Bonchev–Trinajstić information content (AvgIpc) is 2.87. The monoisotopic (exact) mass is 462 g/mol. The Bertz CT molecular complexity index is 1170. The van der Waals surface area contributed by atoms with E-state index in [4.69, 9.17) is 18.9 Å². The fraction of sp³-hybridized carbons (Fsp3) is 0.231. The van der Waals surface area contributed by atoms with Crippen molar-refractivity contribution >= 4 is 23.2 Å². The number of hydrogen-bond donors (Lipinski definition) is 1. The smallest absolute Gasteiger partial charge is 0.265 e. The van der Waals surface area contributed by atoms with E-state index in [0.29, 0.717) is 53.8 Å². The molecule has 0 aliphatic carbocycles. The van der Waals surface area contributed by atoms with Gasteiger partial charge in [-0.15, -0.1) is 0 Å². The third-order valence-corrected chi connectivity index (χ3v) is 5.34. The lowest BCUT2D eigenvalue weighted by Crippen LogP contribution is -2.39. The Hall–Kier alpha value is -4.20. The SMILES string of the molecule is COc1ccc(C(=O)Nc2ccc3c(c2)N(CCCOc2ccccc2)C(=O)CO3)cc1OC. The summed E-state index contributed by atoms with van der Waals surface area (Å²) in [5, 5.41) is 2.87. The Morgan fingerprint density at radius 2 is 1.79 bits per heavy atom. The van der Waals surface area contributed by atoms with Crippen molar-refractivity contribution < 1.29 is 28.5 Å². The molecule has 176 valence electrons. The van der Waals surface area contributed by atoms with Crippen molar-refractivity contribution in [2.45, 2.75) is 6.42 Å². The van der Waals surface area contributed by atoms with E-state index in [0.717, 1.165) is 5.75 Å². The van der Waals surface area contributed by atoms with Crippen molar-refractivity contribution in [2.24, 2.45) is 0 Å². The number of hydrogen-bond acceptors (Lipinski definition) is 6. The number of carbonyl (C=O) groups excluding carboxylic acids is 2. The van der Waals surface area contributed by atoms with Crippen LogP contribution in [0, 0.1) is 0 Å². The number of anilines is 2. The lowest BCUT2D eigenvalue weighted by Gasteiger charge is -2.30. The average molecular weight is 463 g/mol. The molecule has 0 fully saturated rings. The van der Waals surface area contributed by atoms with Crippen LogP contribution in [0.3, 0.4) is 0 Å². The van der Waals surface area contributed by atoms with Gasteiger partial charge in [0.25, 0.3) is 11.8 Å². The summed E-state index contributed by atoms with van der Waals surface area (Å²) in [5.41, 5.74) is 1.57. The van der Waals surface area contributed by atoms with E-state index >= 15 is 0 Å². The number of methoxy groups -OCH3 is 2. The van der Waals surface area contributed by atoms with Gasteiger partial charge in [0.1, 0.15) is 11.5 Å². The molecule has 0 spiro atoms. The van der Waals surface area contributed by atoms with E-state index in [9.17, 15) is 9.59 Å². The Balaban J connectivity index is 1.44. The van der Waals surface area contributed by atoms with Crippen molar-refractivity contribution in [1.29, 1.82) is 0 Å². The van der Waals surface area contributed by atoms with E-state index in [-0.39, 0.29) is 18.4 Å². The van der Waals surface area contributed by atoms with Gasteiger partial charge in [-0.05, 0) is 55.0 Å². The molecule has 0 atom stereocenters. The largest absolute Gasteiger partial charge is 0.494 e. The summed E-state index contributed by atoms with van der Waals surface area (Å²) < 4.78 is 21.8. The highest BCUT2D eigenvalue weighted by atomic mass is 16.5. The first kappa shape index (κ1) is 23.0. The van der Waals surface area contributed by atoms with E-state index < -0.39 is 0 Å². The topological polar surface area (TPSA) is 86.3 Å². The number of benzene rings is 3. The number of rotatable bonds is 9. The lowest BCUT2D eigenvalue weighted by molar-refractivity contribution is -0.121. The lowest BCUT2D eigenvalue weighted by atomic mass is 10.1. The molecule has 3 aromatic carbocycles. The second-order valence-electron chi connectivity index (χ2n) is 7.56. The minimum absolute atomic E-state index is 0.0239. The fourth-order valence-electron chi connectivity index (χ4n) is 3.64. The molecule has 2 amide bonds. The minimum atomic E-state index is -0.313. The van der Waals surface area contributed by atoms with Gasteiger partial charge in [0, 0.05) is 17.8 Å². The van der Waals surface area contributed by atoms with Crippen LogP contribution in [0.1, 0.15) is 16.8 Å². The first-order valence-corrected chi connectivity index (χ1v) is 10.9. The number of nitrogens with zero attached hydrogens (tertiary/aromatic N) is 1. The van der Waals surface area contributed by atoms with Crippen LogP contribution in [0.25, 0.3) is 0 Å². The molecule has 8 heteroatoms. The second kappa shape index (κ2) is 10.6. The summed E-state index contributed by atoms with van der Waals surface area (Å²) in [6.07, 6.45) is 0.641. The van der Waals surface area contributed by atoms with E-state index in [1.165, 1.54) is 14.2 Å². The summed E-state index contributed by atoms with van der Waals surface area (Å²) in [7, 11) is 3.05. The summed E-state index contributed by atoms with van der Waals surface area (Å²) in [5.74, 6) is 1.92. The predicted molar refractivity (Wildman–Crippen MR) is 128 cm³/mol. The molecular formula is C26H26N2O6. The van der Waals surface area contributed by atoms with Crippen molar-refractivity contribution in [1.82, 2.24) is 0 Å². The molecular weight excluding hydrogens is 436 g/mol.